The Kier molecular flexibility index (Phi) is 68.6. The Morgan fingerprint density at radius 2 is 0.640 bits per heavy atom. The third-order valence-corrected chi connectivity index (χ3v) is 19.7. The minimum atomic E-state index is -4.45. The van der Waals surface area contributed by atoms with E-state index < -0.39 is 20.0 Å². The van der Waals surface area contributed by atoms with Gasteiger partial charge in [-0.25, -0.2) is 4.57 Å². The maximum atomic E-state index is 13.7. The lowest BCUT2D eigenvalue weighted by Gasteiger charge is -2.27. The summed E-state index contributed by atoms with van der Waals surface area (Å²) in [7, 11) is 1.53. The average Bonchev–Trinajstić information content (AvgIpc) is 3.67. The largest absolute Gasteiger partial charge is 0.472 e. The second-order valence-electron chi connectivity index (χ2n) is 29.0. The molecule has 0 radical (unpaired) electrons. The molecule has 89 heavy (non-hydrogen) atoms. The molecule has 0 saturated heterocycles. The van der Waals surface area contributed by atoms with Gasteiger partial charge in [0.1, 0.15) is 19.3 Å². The number of allylic oxidation sites excluding steroid dienone is 1. The number of phosphoric ester groups is 1. The number of amides is 1. The van der Waals surface area contributed by atoms with E-state index in [0.29, 0.717) is 23.9 Å². The molecule has 0 aromatic carbocycles. The van der Waals surface area contributed by atoms with Crippen molar-refractivity contribution in [1.29, 1.82) is 0 Å². The summed E-state index contributed by atoms with van der Waals surface area (Å²) in [5, 5.41) is 3.09. The van der Waals surface area contributed by atoms with Crippen LogP contribution in [0, 0.1) is 0 Å². The van der Waals surface area contributed by atoms with E-state index in [0.717, 1.165) is 57.8 Å². The van der Waals surface area contributed by atoms with Crippen molar-refractivity contribution >= 4 is 19.7 Å². The van der Waals surface area contributed by atoms with Gasteiger partial charge in [-0.15, -0.1) is 0 Å². The number of phosphoric acid groups is 1. The summed E-state index contributed by atoms with van der Waals surface area (Å²) in [4.78, 5) is 38.0. The Morgan fingerprint density at radius 1 is 0.382 bits per heavy atom. The molecule has 1 amide bonds. The molecule has 0 heterocycles. The van der Waals surface area contributed by atoms with E-state index in [2.05, 4.69) is 32.2 Å². The highest BCUT2D eigenvalue weighted by Gasteiger charge is 2.30. The normalized spacial score (nSPS) is 13.4. The topological polar surface area (TPSA) is 111 Å². The van der Waals surface area contributed by atoms with Crippen LogP contribution in [0.5, 0.6) is 0 Å². The molecule has 0 rings (SSSR count). The van der Waals surface area contributed by atoms with Crippen LogP contribution in [0.3, 0.4) is 0 Å². The van der Waals surface area contributed by atoms with Gasteiger partial charge in [0.25, 0.3) is 0 Å². The number of nitrogens with one attached hydrogen (secondary N) is 1. The van der Waals surface area contributed by atoms with Crippen molar-refractivity contribution in [2.75, 3.05) is 40.9 Å². The van der Waals surface area contributed by atoms with E-state index in [1.54, 1.807) is 0 Å². The lowest BCUT2D eigenvalue weighted by molar-refractivity contribution is -0.870. The highest BCUT2D eigenvalue weighted by Crippen LogP contribution is 2.43. The molecule has 0 saturated carbocycles. The Morgan fingerprint density at radius 3 is 0.921 bits per heavy atom. The first-order valence-corrected chi connectivity index (χ1v) is 41.5. The number of rotatable bonds is 75. The number of unbranched alkanes of at least 4 members (excludes halogenated alkanes) is 59. The van der Waals surface area contributed by atoms with Crippen LogP contribution in [-0.4, -0.2) is 74.3 Å². The molecule has 0 fully saturated rings. The summed E-state index contributed by atoms with van der Waals surface area (Å²) in [5.74, 6) is -0.472. The zero-order chi connectivity index (χ0) is 64.9. The third-order valence-electron chi connectivity index (χ3n) is 18.7. The van der Waals surface area contributed by atoms with E-state index in [1.165, 1.54) is 340 Å². The van der Waals surface area contributed by atoms with Crippen LogP contribution in [0.15, 0.2) is 12.2 Å². The number of likely N-dealkylation sites (N-methyl/N-ethyl adjacent to an activating group) is 1. The Hall–Kier alpha value is -1.25. The first kappa shape index (κ1) is 87.8. The predicted octanol–water partition coefficient (Wildman–Crippen LogP) is 25.8. The highest BCUT2D eigenvalue weighted by atomic mass is 31.2. The number of esters is 1. The zero-order valence-electron chi connectivity index (χ0n) is 61.0. The molecular weight excluding hydrogens is 1120 g/mol. The van der Waals surface area contributed by atoms with Crippen molar-refractivity contribution in [2.24, 2.45) is 0 Å². The van der Waals surface area contributed by atoms with Crippen LogP contribution >= 0.6 is 7.82 Å². The lowest BCUT2D eigenvalue weighted by atomic mass is 10.0. The van der Waals surface area contributed by atoms with Crippen LogP contribution < -0.4 is 5.32 Å². The van der Waals surface area contributed by atoms with Crippen molar-refractivity contribution in [2.45, 2.75) is 444 Å². The second kappa shape index (κ2) is 69.6. The lowest BCUT2D eigenvalue weighted by Crippen LogP contribution is -2.47. The Balaban J connectivity index is 4.92. The van der Waals surface area contributed by atoms with Gasteiger partial charge >= 0.3 is 13.8 Å². The molecule has 530 valence electrons. The SMILES string of the molecule is CCCCCCCCCCCCC/C=C/C(OC(=O)CCCCCCCCCCCCCCCCCCCCCCCCCCC)C(COP(=O)(O)OCC[N+](C)(C)C)NC(=O)CCCCCCCCCCCCCCCCCCCCCCCCCCC. The summed E-state index contributed by atoms with van der Waals surface area (Å²) >= 11 is 0. The van der Waals surface area contributed by atoms with Crippen molar-refractivity contribution in [3.05, 3.63) is 12.2 Å². The average molecular weight is 1280 g/mol. The second-order valence-corrected chi connectivity index (χ2v) is 30.4. The van der Waals surface area contributed by atoms with Gasteiger partial charge in [0.05, 0.1) is 33.8 Å². The van der Waals surface area contributed by atoms with Crippen molar-refractivity contribution < 1.29 is 37.3 Å². The van der Waals surface area contributed by atoms with Gasteiger partial charge in [-0.3, -0.25) is 18.6 Å². The number of carbonyl (C=O) groups is 2. The quantitative estimate of drug-likeness (QED) is 0.0205. The minimum absolute atomic E-state index is 0.0464. The van der Waals surface area contributed by atoms with Crippen LogP contribution in [0.25, 0.3) is 0 Å². The van der Waals surface area contributed by atoms with E-state index in [-0.39, 0.29) is 25.1 Å². The predicted molar refractivity (Wildman–Crippen MR) is 388 cm³/mol. The van der Waals surface area contributed by atoms with E-state index in [1.807, 2.05) is 27.2 Å². The van der Waals surface area contributed by atoms with Crippen molar-refractivity contribution in [1.82, 2.24) is 5.32 Å². The number of ether oxygens (including phenoxy) is 1. The highest BCUT2D eigenvalue weighted by molar-refractivity contribution is 7.47. The van der Waals surface area contributed by atoms with Gasteiger partial charge in [0.15, 0.2) is 0 Å². The standard InChI is InChI=1S/C79H157N2O7P/c1-7-10-13-16-19-22-25-28-30-32-34-36-38-40-42-44-46-48-50-53-56-59-62-65-68-71-78(82)80-76(75-87-89(84,85)86-74-73-81(4,5)6)77(70-67-64-61-58-55-52-27-24-21-18-15-12-9-3)88-79(83)72-69-66-63-60-57-54-51-49-47-45-43-41-39-37-35-33-31-29-26-23-20-17-14-11-8-2/h67,70,76-77H,7-66,68-69,71-75H2,1-6H3,(H-,80,82,84,85)/p+1/b70-67+. The van der Waals surface area contributed by atoms with Gasteiger partial charge in [0.2, 0.25) is 5.91 Å². The Bertz CT molecular complexity index is 1520. The summed E-state index contributed by atoms with van der Waals surface area (Å²) in [6, 6.07) is -0.842. The van der Waals surface area contributed by atoms with E-state index in [4.69, 9.17) is 13.8 Å². The molecule has 0 aromatic rings. The van der Waals surface area contributed by atoms with Crippen molar-refractivity contribution in [3.8, 4) is 0 Å². The fraction of sp³-hybridized carbons (Fsp3) is 0.949. The molecule has 3 atom stereocenters. The first-order chi connectivity index (χ1) is 43.4. The first-order valence-electron chi connectivity index (χ1n) is 40.0. The zero-order valence-corrected chi connectivity index (χ0v) is 61.9. The van der Waals surface area contributed by atoms with Crippen molar-refractivity contribution in [3.63, 3.8) is 0 Å². The van der Waals surface area contributed by atoms with Gasteiger partial charge in [0, 0.05) is 12.8 Å². The number of hydrogen-bond donors (Lipinski definition) is 2. The van der Waals surface area contributed by atoms with Gasteiger partial charge in [-0.05, 0) is 31.8 Å². The minimum Gasteiger partial charge on any atom is -0.456 e. The van der Waals surface area contributed by atoms with Gasteiger partial charge in [-0.1, -0.05) is 399 Å². The molecule has 0 spiro atoms. The molecular formula is C79H158N2O7P+. The molecule has 0 aliphatic rings. The molecule has 0 aromatic heterocycles. The number of nitrogens with zero attached hydrogens (tertiary/aromatic N) is 1. The summed E-state index contributed by atoms with van der Waals surface area (Å²) in [5.41, 5.74) is 0. The van der Waals surface area contributed by atoms with E-state index in [9.17, 15) is 19.0 Å². The maximum absolute atomic E-state index is 13.7. The van der Waals surface area contributed by atoms with Crippen LogP contribution in [0.1, 0.15) is 432 Å². The fourth-order valence-corrected chi connectivity index (χ4v) is 13.3. The molecule has 0 aliphatic heterocycles. The van der Waals surface area contributed by atoms with Gasteiger partial charge in [-0.2, -0.15) is 0 Å². The third kappa shape index (κ3) is 70.9. The monoisotopic (exact) mass is 1280 g/mol. The molecule has 3 unspecified atom stereocenters. The van der Waals surface area contributed by atoms with Crippen LogP contribution in [-0.2, 0) is 27.9 Å². The Labute approximate surface area is 556 Å². The summed E-state index contributed by atoms with van der Waals surface area (Å²) in [6.07, 6.45) is 85.4. The molecule has 0 aliphatic carbocycles. The fourth-order valence-electron chi connectivity index (χ4n) is 12.6. The van der Waals surface area contributed by atoms with Crippen LogP contribution in [0.4, 0.5) is 0 Å². The summed E-state index contributed by atoms with van der Waals surface area (Å²) < 4.78 is 31.0. The summed E-state index contributed by atoms with van der Waals surface area (Å²) in [6.45, 7) is 7.12. The molecule has 2 N–H and O–H groups in total. The maximum Gasteiger partial charge on any atom is 0.472 e. The number of hydrogen-bond acceptors (Lipinski definition) is 6. The number of carbonyl (C=O) groups excluding carboxylic acids is 2. The molecule has 0 bridgehead atoms. The molecule has 10 heteroatoms. The van der Waals surface area contributed by atoms with Crippen LogP contribution in [0.2, 0.25) is 0 Å². The van der Waals surface area contributed by atoms with Gasteiger partial charge < -0.3 is 19.4 Å². The smallest absolute Gasteiger partial charge is 0.456 e. The number of quaternary nitrogens is 1. The van der Waals surface area contributed by atoms with E-state index >= 15 is 0 Å². The molecule has 9 nitrogen and oxygen atoms in total.